The van der Waals surface area contributed by atoms with Crippen molar-refractivity contribution in [1.29, 1.82) is 0 Å². The largest absolute Gasteiger partial charge is 0.481 e. The third kappa shape index (κ3) is 6.81. The van der Waals surface area contributed by atoms with E-state index in [0.717, 1.165) is 12.8 Å². The number of sulfone groups is 1. The molecule has 6 heteroatoms. The first-order chi connectivity index (χ1) is 12.9. The van der Waals surface area contributed by atoms with Crippen LogP contribution in [0.25, 0.3) is 0 Å². The number of aryl methyl sites for hydroxylation is 1. The molecule has 0 saturated carbocycles. The standard InChI is InChI=1S/C21H26O5S/c22-20(14-8-7-11-17-9-3-1-4-10-17)19(21(23)24)15-16-27(25,26)18-12-5-2-6-13-18/h1-6,9-10,12-13,19-20,22H,7-8,11,14-16H2,(H,23,24). The summed E-state index contributed by atoms with van der Waals surface area (Å²) in [6.07, 6.45) is 1.58. The van der Waals surface area contributed by atoms with Crippen LogP contribution in [0, 0.1) is 5.92 Å². The number of benzene rings is 2. The lowest BCUT2D eigenvalue weighted by molar-refractivity contribution is -0.146. The Morgan fingerprint density at radius 1 is 0.889 bits per heavy atom. The number of carbonyl (C=O) groups is 1. The highest BCUT2D eigenvalue weighted by Gasteiger charge is 2.28. The Hall–Kier alpha value is -2.18. The van der Waals surface area contributed by atoms with Crippen molar-refractivity contribution in [3.8, 4) is 0 Å². The van der Waals surface area contributed by atoms with E-state index < -0.39 is 27.8 Å². The number of aliphatic hydroxyl groups excluding tert-OH is 1. The first kappa shape index (κ1) is 21.1. The van der Waals surface area contributed by atoms with Gasteiger partial charge in [-0.25, -0.2) is 8.42 Å². The fourth-order valence-electron chi connectivity index (χ4n) is 3.04. The van der Waals surface area contributed by atoms with Gasteiger partial charge in [0.05, 0.1) is 22.7 Å². The van der Waals surface area contributed by atoms with Crippen LogP contribution in [0.3, 0.4) is 0 Å². The van der Waals surface area contributed by atoms with Crippen LogP contribution in [-0.4, -0.2) is 36.5 Å². The van der Waals surface area contributed by atoms with Gasteiger partial charge in [-0.05, 0) is 43.4 Å². The maximum absolute atomic E-state index is 12.3. The Labute approximate surface area is 160 Å². The van der Waals surface area contributed by atoms with Crippen LogP contribution in [0.5, 0.6) is 0 Å². The number of aliphatic hydroxyl groups is 1. The van der Waals surface area contributed by atoms with Crippen molar-refractivity contribution in [3.05, 3.63) is 66.2 Å². The molecular formula is C21H26O5S. The molecule has 2 aromatic rings. The predicted octanol–water partition coefficient (Wildman–Crippen LogP) is 3.33. The smallest absolute Gasteiger partial charge is 0.309 e. The van der Waals surface area contributed by atoms with E-state index in [1.54, 1.807) is 18.2 Å². The summed E-state index contributed by atoms with van der Waals surface area (Å²) in [5, 5.41) is 19.7. The van der Waals surface area contributed by atoms with Crippen molar-refractivity contribution in [3.63, 3.8) is 0 Å². The van der Waals surface area contributed by atoms with Gasteiger partial charge in [0.25, 0.3) is 0 Å². The Balaban J connectivity index is 1.84. The fraction of sp³-hybridized carbons (Fsp3) is 0.381. The summed E-state index contributed by atoms with van der Waals surface area (Å²) in [6.45, 7) is 0. The second kappa shape index (κ2) is 10.2. The molecule has 0 aromatic heterocycles. The van der Waals surface area contributed by atoms with Crippen molar-refractivity contribution < 1.29 is 23.4 Å². The van der Waals surface area contributed by atoms with Crippen molar-refractivity contribution in [2.75, 3.05) is 5.75 Å². The van der Waals surface area contributed by atoms with Crippen LogP contribution in [0.2, 0.25) is 0 Å². The first-order valence-electron chi connectivity index (χ1n) is 9.13. The summed E-state index contributed by atoms with van der Waals surface area (Å²) >= 11 is 0. The van der Waals surface area contributed by atoms with E-state index in [9.17, 15) is 23.4 Å². The van der Waals surface area contributed by atoms with Gasteiger partial charge in [-0.3, -0.25) is 4.79 Å². The molecule has 0 amide bonds. The number of hydrogen-bond acceptors (Lipinski definition) is 4. The molecule has 27 heavy (non-hydrogen) atoms. The lowest BCUT2D eigenvalue weighted by atomic mass is 9.94. The van der Waals surface area contributed by atoms with E-state index in [1.165, 1.54) is 17.7 Å². The number of rotatable bonds is 11. The Bertz CT molecular complexity index is 803. The molecule has 0 saturated heterocycles. The van der Waals surface area contributed by atoms with Gasteiger partial charge in [0.1, 0.15) is 0 Å². The van der Waals surface area contributed by atoms with Crippen LogP contribution in [0.15, 0.2) is 65.6 Å². The number of aliphatic carboxylic acids is 1. The third-order valence-corrected chi connectivity index (χ3v) is 6.40. The minimum absolute atomic E-state index is 0.105. The molecule has 0 aliphatic carbocycles. The molecule has 0 aliphatic heterocycles. The molecule has 0 aliphatic rings. The highest BCUT2D eigenvalue weighted by molar-refractivity contribution is 7.91. The van der Waals surface area contributed by atoms with Gasteiger partial charge in [0, 0.05) is 0 Å². The van der Waals surface area contributed by atoms with Crippen molar-refractivity contribution in [2.24, 2.45) is 5.92 Å². The zero-order chi connectivity index (χ0) is 19.7. The predicted molar refractivity (Wildman–Crippen MR) is 104 cm³/mol. The second-order valence-corrected chi connectivity index (χ2v) is 8.77. The average Bonchev–Trinajstić information content (AvgIpc) is 2.66. The Morgan fingerprint density at radius 2 is 1.48 bits per heavy atom. The zero-order valence-electron chi connectivity index (χ0n) is 15.2. The SMILES string of the molecule is O=C(O)C(CCS(=O)(=O)c1ccccc1)C(O)CCCCc1ccccc1. The van der Waals surface area contributed by atoms with E-state index in [4.69, 9.17) is 0 Å². The summed E-state index contributed by atoms with van der Waals surface area (Å²) in [5.74, 6) is -2.54. The molecule has 2 rings (SSSR count). The molecule has 146 valence electrons. The molecule has 2 aromatic carbocycles. The normalized spacial score (nSPS) is 13.8. The lowest BCUT2D eigenvalue weighted by Crippen LogP contribution is -2.30. The topological polar surface area (TPSA) is 91.7 Å². The molecule has 0 fully saturated rings. The molecule has 2 atom stereocenters. The summed E-state index contributed by atoms with van der Waals surface area (Å²) in [7, 11) is -3.56. The highest BCUT2D eigenvalue weighted by Crippen LogP contribution is 2.20. The summed E-state index contributed by atoms with van der Waals surface area (Å²) in [6, 6.07) is 17.9. The number of hydrogen-bond donors (Lipinski definition) is 2. The van der Waals surface area contributed by atoms with Gasteiger partial charge in [-0.15, -0.1) is 0 Å². The maximum Gasteiger partial charge on any atom is 0.309 e. The quantitative estimate of drug-likeness (QED) is 0.574. The van der Waals surface area contributed by atoms with Crippen LogP contribution in [-0.2, 0) is 21.1 Å². The molecule has 0 spiro atoms. The van der Waals surface area contributed by atoms with E-state index >= 15 is 0 Å². The van der Waals surface area contributed by atoms with Crippen LogP contribution < -0.4 is 0 Å². The van der Waals surface area contributed by atoms with Crippen LogP contribution in [0.1, 0.15) is 31.2 Å². The minimum Gasteiger partial charge on any atom is -0.481 e. The van der Waals surface area contributed by atoms with Crippen molar-refractivity contribution in [2.45, 2.75) is 43.1 Å². The first-order valence-corrected chi connectivity index (χ1v) is 10.8. The molecule has 0 radical (unpaired) electrons. The van der Waals surface area contributed by atoms with Gasteiger partial charge >= 0.3 is 5.97 Å². The van der Waals surface area contributed by atoms with Crippen LogP contribution >= 0.6 is 0 Å². The van der Waals surface area contributed by atoms with Gasteiger partial charge in [-0.1, -0.05) is 55.0 Å². The average molecular weight is 391 g/mol. The monoisotopic (exact) mass is 390 g/mol. The third-order valence-electron chi connectivity index (χ3n) is 4.64. The van der Waals surface area contributed by atoms with E-state index in [-0.39, 0.29) is 17.1 Å². The second-order valence-electron chi connectivity index (χ2n) is 6.66. The highest BCUT2D eigenvalue weighted by atomic mass is 32.2. The molecule has 0 heterocycles. The number of unbranched alkanes of at least 4 members (excludes halogenated alkanes) is 1. The van der Waals surface area contributed by atoms with Gasteiger partial charge in [0.15, 0.2) is 9.84 Å². The minimum atomic E-state index is -3.56. The number of carboxylic acids is 1. The van der Waals surface area contributed by atoms with Crippen LogP contribution in [0.4, 0.5) is 0 Å². The van der Waals surface area contributed by atoms with E-state index in [2.05, 4.69) is 0 Å². The Morgan fingerprint density at radius 3 is 2.07 bits per heavy atom. The van der Waals surface area contributed by atoms with E-state index in [1.807, 2.05) is 30.3 Å². The molecule has 2 unspecified atom stereocenters. The maximum atomic E-state index is 12.3. The molecule has 0 bridgehead atoms. The van der Waals surface area contributed by atoms with Gasteiger partial charge < -0.3 is 10.2 Å². The number of carboxylic acid groups (broad SMARTS) is 1. The van der Waals surface area contributed by atoms with Gasteiger partial charge in [-0.2, -0.15) is 0 Å². The summed E-state index contributed by atoms with van der Waals surface area (Å²) in [5.41, 5.74) is 1.20. The lowest BCUT2D eigenvalue weighted by Gasteiger charge is -2.19. The summed E-state index contributed by atoms with van der Waals surface area (Å²) < 4.78 is 24.6. The zero-order valence-corrected chi connectivity index (χ0v) is 16.0. The van der Waals surface area contributed by atoms with Crippen molar-refractivity contribution in [1.82, 2.24) is 0 Å². The van der Waals surface area contributed by atoms with Crippen molar-refractivity contribution >= 4 is 15.8 Å². The fourth-order valence-corrected chi connectivity index (χ4v) is 4.41. The molecule has 5 nitrogen and oxygen atoms in total. The van der Waals surface area contributed by atoms with E-state index in [0.29, 0.717) is 12.8 Å². The van der Waals surface area contributed by atoms with Gasteiger partial charge in [0.2, 0.25) is 0 Å². The molecular weight excluding hydrogens is 364 g/mol. The Kier molecular flexibility index (Phi) is 8.00. The summed E-state index contributed by atoms with van der Waals surface area (Å²) in [4.78, 5) is 11.7. The molecule has 2 N–H and O–H groups in total.